The summed E-state index contributed by atoms with van der Waals surface area (Å²) >= 11 is 1.85. The summed E-state index contributed by atoms with van der Waals surface area (Å²) in [5.41, 5.74) is 0. The molecule has 0 radical (unpaired) electrons. The molecule has 2 N–H and O–H groups in total. The Morgan fingerprint density at radius 3 is 2.44 bits per heavy atom. The fraction of sp³-hybridized carbons (Fsp3) is 0.727. The van der Waals surface area contributed by atoms with E-state index in [9.17, 15) is 0 Å². The maximum atomic E-state index is 4.36. The molecule has 1 heterocycles. The molecule has 102 valence electrons. The van der Waals surface area contributed by atoms with Gasteiger partial charge in [0.1, 0.15) is 0 Å². The van der Waals surface area contributed by atoms with Gasteiger partial charge < -0.3 is 15.5 Å². The van der Waals surface area contributed by atoms with E-state index >= 15 is 0 Å². The first-order valence-electron chi connectivity index (χ1n) is 5.90. The smallest absolute Gasteiger partial charge is 0.231 e. The van der Waals surface area contributed by atoms with Gasteiger partial charge in [-0.05, 0) is 17.9 Å². The molecule has 0 aliphatic heterocycles. The molecule has 0 aliphatic rings. The van der Waals surface area contributed by atoms with Gasteiger partial charge in [0.25, 0.3) is 0 Å². The fourth-order valence-electron chi connectivity index (χ4n) is 1.36. The number of nitrogens with one attached hydrogen (secondary N) is 2. The van der Waals surface area contributed by atoms with E-state index in [2.05, 4.69) is 38.8 Å². The summed E-state index contributed by atoms with van der Waals surface area (Å²) < 4.78 is 0. The number of hydrogen-bond donors (Lipinski definition) is 2. The minimum Gasteiger partial charge on any atom is -0.357 e. The Bertz CT molecular complexity index is 371. The highest BCUT2D eigenvalue weighted by Gasteiger charge is 2.08. The Morgan fingerprint density at radius 1 is 1.22 bits per heavy atom. The van der Waals surface area contributed by atoms with E-state index in [1.807, 2.05) is 30.8 Å². The Labute approximate surface area is 113 Å². The van der Waals surface area contributed by atoms with Gasteiger partial charge in [-0.2, -0.15) is 26.7 Å². The van der Waals surface area contributed by atoms with E-state index in [1.54, 1.807) is 7.05 Å². The molecule has 1 aromatic rings. The van der Waals surface area contributed by atoms with E-state index in [-0.39, 0.29) is 0 Å². The number of anilines is 3. The fourth-order valence-corrected chi connectivity index (χ4v) is 2.05. The summed E-state index contributed by atoms with van der Waals surface area (Å²) in [7, 11) is 5.62. The third-order valence-corrected chi connectivity index (χ3v) is 3.21. The predicted molar refractivity (Wildman–Crippen MR) is 79.7 cm³/mol. The molecule has 1 rings (SSSR count). The molecule has 0 spiro atoms. The Hall–Kier alpha value is -1.24. The van der Waals surface area contributed by atoms with Crippen LogP contribution in [0, 0.1) is 5.92 Å². The number of thioether (sulfide) groups is 1. The molecule has 0 saturated heterocycles. The van der Waals surface area contributed by atoms with Crippen LogP contribution in [-0.2, 0) is 0 Å². The van der Waals surface area contributed by atoms with Gasteiger partial charge in [0.15, 0.2) is 0 Å². The molecule has 0 aliphatic carbocycles. The van der Waals surface area contributed by atoms with Crippen molar-refractivity contribution in [3.8, 4) is 0 Å². The highest BCUT2D eigenvalue weighted by atomic mass is 32.2. The van der Waals surface area contributed by atoms with Crippen molar-refractivity contribution in [2.24, 2.45) is 5.92 Å². The second-order valence-electron chi connectivity index (χ2n) is 4.37. The van der Waals surface area contributed by atoms with Crippen LogP contribution in [0.4, 0.5) is 17.8 Å². The van der Waals surface area contributed by atoms with Crippen LogP contribution in [0.3, 0.4) is 0 Å². The van der Waals surface area contributed by atoms with Crippen molar-refractivity contribution in [3.05, 3.63) is 0 Å². The highest BCUT2D eigenvalue weighted by Crippen LogP contribution is 2.12. The minimum absolute atomic E-state index is 0.578. The van der Waals surface area contributed by atoms with Crippen LogP contribution in [0.2, 0.25) is 0 Å². The third-order valence-electron chi connectivity index (χ3n) is 2.31. The second kappa shape index (κ2) is 7.25. The first-order chi connectivity index (χ1) is 8.56. The molecule has 0 aromatic carbocycles. The largest absolute Gasteiger partial charge is 0.357 e. The van der Waals surface area contributed by atoms with E-state index in [0.717, 1.165) is 12.3 Å². The molecule has 0 fully saturated rings. The van der Waals surface area contributed by atoms with Gasteiger partial charge in [0.05, 0.1) is 0 Å². The first kappa shape index (κ1) is 14.8. The molecular weight excluding hydrogens is 248 g/mol. The van der Waals surface area contributed by atoms with Crippen LogP contribution in [0.15, 0.2) is 0 Å². The standard InChI is InChI=1S/C11H22N6S/c1-8(7-18-5)6-13-10-14-9(12-2)15-11(16-10)17(3)4/h8H,6-7H2,1-5H3,(H2,12,13,14,15,16). The lowest BCUT2D eigenvalue weighted by atomic mass is 10.2. The molecule has 7 heteroatoms. The van der Waals surface area contributed by atoms with Crippen molar-refractivity contribution in [1.29, 1.82) is 0 Å². The van der Waals surface area contributed by atoms with Crippen LogP contribution in [0.1, 0.15) is 6.92 Å². The molecule has 1 atom stereocenters. The predicted octanol–water partition coefficient (Wildman–Crippen LogP) is 1.39. The zero-order valence-electron chi connectivity index (χ0n) is 11.7. The maximum Gasteiger partial charge on any atom is 0.231 e. The van der Waals surface area contributed by atoms with Crippen molar-refractivity contribution in [2.75, 3.05) is 55.2 Å². The topological polar surface area (TPSA) is 66.0 Å². The zero-order valence-corrected chi connectivity index (χ0v) is 12.5. The summed E-state index contributed by atoms with van der Waals surface area (Å²) in [6.07, 6.45) is 2.11. The van der Waals surface area contributed by atoms with Crippen LogP contribution >= 0.6 is 11.8 Å². The molecule has 0 saturated carbocycles. The van der Waals surface area contributed by atoms with Crippen LogP contribution < -0.4 is 15.5 Å². The maximum absolute atomic E-state index is 4.36. The normalized spacial score (nSPS) is 12.1. The van der Waals surface area contributed by atoms with Gasteiger partial charge in [-0.3, -0.25) is 0 Å². The summed E-state index contributed by atoms with van der Waals surface area (Å²) in [5, 5.41) is 6.20. The molecule has 18 heavy (non-hydrogen) atoms. The van der Waals surface area contributed by atoms with Gasteiger partial charge in [0, 0.05) is 27.7 Å². The number of aromatic nitrogens is 3. The lowest BCUT2D eigenvalue weighted by Gasteiger charge is -2.15. The first-order valence-corrected chi connectivity index (χ1v) is 7.30. The highest BCUT2D eigenvalue weighted by molar-refractivity contribution is 7.98. The van der Waals surface area contributed by atoms with Crippen LogP contribution in [0.5, 0.6) is 0 Å². The molecule has 1 aromatic heterocycles. The number of nitrogens with zero attached hydrogens (tertiary/aromatic N) is 4. The average molecular weight is 270 g/mol. The van der Waals surface area contributed by atoms with Crippen LogP contribution in [-0.4, -0.2) is 54.6 Å². The lowest BCUT2D eigenvalue weighted by molar-refractivity contribution is 0.696. The minimum atomic E-state index is 0.578. The summed E-state index contributed by atoms with van der Waals surface area (Å²) in [4.78, 5) is 14.8. The summed E-state index contributed by atoms with van der Waals surface area (Å²) in [6, 6.07) is 0. The Kier molecular flexibility index (Phi) is 5.97. The SMILES string of the molecule is CNc1nc(NCC(C)CSC)nc(N(C)C)n1. The lowest BCUT2D eigenvalue weighted by Crippen LogP contribution is -2.19. The van der Waals surface area contributed by atoms with E-state index in [1.165, 1.54) is 0 Å². The quantitative estimate of drug-likeness (QED) is 0.776. The van der Waals surface area contributed by atoms with Gasteiger partial charge in [-0.1, -0.05) is 6.92 Å². The second-order valence-corrected chi connectivity index (χ2v) is 5.28. The van der Waals surface area contributed by atoms with Crippen molar-refractivity contribution >= 4 is 29.6 Å². The molecule has 0 amide bonds. The molecule has 0 bridgehead atoms. The summed E-state index contributed by atoms with van der Waals surface area (Å²) in [5.74, 6) is 3.55. The van der Waals surface area contributed by atoms with Gasteiger partial charge in [0.2, 0.25) is 17.8 Å². The third kappa shape index (κ3) is 4.56. The number of rotatable bonds is 7. The van der Waals surface area contributed by atoms with Crippen molar-refractivity contribution < 1.29 is 0 Å². The van der Waals surface area contributed by atoms with Gasteiger partial charge in [-0.25, -0.2) is 0 Å². The molecule has 6 nitrogen and oxygen atoms in total. The van der Waals surface area contributed by atoms with Crippen molar-refractivity contribution in [1.82, 2.24) is 15.0 Å². The zero-order chi connectivity index (χ0) is 13.5. The summed E-state index contributed by atoms with van der Waals surface area (Å²) in [6.45, 7) is 3.07. The molecular formula is C11H22N6S. The van der Waals surface area contributed by atoms with Gasteiger partial charge in [-0.15, -0.1) is 0 Å². The van der Waals surface area contributed by atoms with Crippen molar-refractivity contribution in [2.45, 2.75) is 6.92 Å². The molecule has 1 unspecified atom stereocenters. The van der Waals surface area contributed by atoms with Gasteiger partial charge >= 0.3 is 0 Å². The average Bonchev–Trinajstić information content (AvgIpc) is 2.36. The number of hydrogen-bond acceptors (Lipinski definition) is 7. The monoisotopic (exact) mass is 270 g/mol. The Morgan fingerprint density at radius 2 is 1.89 bits per heavy atom. The van der Waals surface area contributed by atoms with E-state index in [0.29, 0.717) is 23.8 Å². The van der Waals surface area contributed by atoms with Crippen LogP contribution in [0.25, 0.3) is 0 Å². The van der Waals surface area contributed by atoms with E-state index in [4.69, 9.17) is 0 Å². The van der Waals surface area contributed by atoms with E-state index < -0.39 is 0 Å². The van der Waals surface area contributed by atoms with Crippen molar-refractivity contribution in [3.63, 3.8) is 0 Å². The Balaban J connectivity index is 2.72.